The van der Waals surface area contributed by atoms with E-state index in [1.165, 1.54) is 0 Å². The average molecular weight is 340 g/mol. The highest BCUT2D eigenvalue weighted by atomic mass is 19.1. The summed E-state index contributed by atoms with van der Waals surface area (Å²) in [5, 5.41) is 0. The number of pyridine rings is 2. The van der Waals surface area contributed by atoms with Gasteiger partial charge in [-0.15, -0.1) is 0 Å². The Bertz CT molecular complexity index is 912. The minimum absolute atomic E-state index is 0.351. The van der Waals surface area contributed by atoms with E-state index >= 15 is 0 Å². The highest BCUT2D eigenvalue weighted by molar-refractivity contribution is 5.84. The molecule has 0 bridgehead atoms. The smallest absolute Gasteiger partial charge is 0.107 e. The Balaban J connectivity index is 2.19. The van der Waals surface area contributed by atoms with E-state index in [9.17, 15) is 4.39 Å². The maximum atomic E-state index is 12.8. The predicted molar refractivity (Wildman–Crippen MR) is 100 cm³/mol. The van der Waals surface area contributed by atoms with Gasteiger partial charge in [-0.2, -0.15) is 0 Å². The Kier molecular flexibility index (Phi) is 4.86. The van der Waals surface area contributed by atoms with Crippen molar-refractivity contribution in [2.24, 2.45) is 5.73 Å². The van der Waals surface area contributed by atoms with Gasteiger partial charge in [-0.05, 0) is 49.1 Å². The van der Waals surface area contributed by atoms with Gasteiger partial charge < -0.3 is 10.3 Å². The molecule has 0 fully saturated rings. The van der Waals surface area contributed by atoms with E-state index < -0.39 is 0 Å². The molecule has 0 aliphatic rings. The Labute approximate surface area is 147 Å². The van der Waals surface area contributed by atoms with E-state index in [4.69, 9.17) is 15.7 Å². The molecule has 0 amide bonds. The van der Waals surface area contributed by atoms with Gasteiger partial charge in [-0.3, -0.25) is 4.98 Å². The van der Waals surface area contributed by atoms with Crippen LogP contribution in [-0.4, -0.2) is 21.2 Å². The third kappa shape index (κ3) is 3.16. The van der Waals surface area contributed by atoms with Gasteiger partial charge in [-0.25, -0.2) is 9.37 Å². The maximum Gasteiger partial charge on any atom is 0.107 e. The van der Waals surface area contributed by atoms with Gasteiger partial charge in [0.05, 0.1) is 29.0 Å². The first-order valence-corrected chi connectivity index (χ1v) is 8.69. The van der Waals surface area contributed by atoms with Crippen LogP contribution in [0.5, 0.6) is 0 Å². The SMILES string of the molecule is Cc1cc2c(nc1-c1ccc(C(C)C)nc1CN)c(C)cn2CCF. The third-order valence-corrected chi connectivity index (χ3v) is 4.59. The van der Waals surface area contributed by atoms with Crippen molar-refractivity contribution in [2.45, 2.75) is 46.7 Å². The molecule has 5 heteroatoms. The normalized spacial score (nSPS) is 11.6. The van der Waals surface area contributed by atoms with Gasteiger partial charge in [0.1, 0.15) is 6.67 Å². The minimum atomic E-state index is -0.387. The van der Waals surface area contributed by atoms with E-state index in [2.05, 4.69) is 26.0 Å². The largest absolute Gasteiger partial charge is 0.343 e. The van der Waals surface area contributed by atoms with Crippen LogP contribution in [0.2, 0.25) is 0 Å². The Morgan fingerprint density at radius 3 is 2.56 bits per heavy atom. The number of alkyl halides is 1. The van der Waals surface area contributed by atoms with Crippen molar-refractivity contribution in [2.75, 3.05) is 6.67 Å². The summed E-state index contributed by atoms with van der Waals surface area (Å²) in [5.74, 6) is 0.355. The van der Waals surface area contributed by atoms with Crippen molar-refractivity contribution >= 4 is 11.0 Å². The third-order valence-electron chi connectivity index (χ3n) is 4.59. The molecule has 0 atom stereocenters. The van der Waals surface area contributed by atoms with Gasteiger partial charge in [0.25, 0.3) is 0 Å². The highest BCUT2D eigenvalue weighted by Gasteiger charge is 2.16. The minimum Gasteiger partial charge on any atom is -0.343 e. The average Bonchev–Trinajstić information content (AvgIpc) is 2.89. The van der Waals surface area contributed by atoms with Crippen molar-refractivity contribution in [3.05, 3.63) is 46.9 Å². The van der Waals surface area contributed by atoms with Gasteiger partial charge in [0, 0.05) is 24.0 Å². The zero-order valence-electron chi connectivity index (χ0n) is 15.3. The molecule has 4 nitrogen and oxygen atoms in total. The highest BCUT2D eigenvalue weighted by Crippen LogP contribution is 2.30. The molecule has 132 valence electrons. The van der Waals surface area contributed by atoms with Gasteiger partial charge in [0.15, 0.2) is 0 Å². The van der Waals surface area contributed by atoms with Crippen LogP contribution >= 0.6 is 0 Å². The van der Waals surface area contributed by atoms with Gasteiger partial charge >= 0.3 is 0 Å². The fraction of sp³-hybridized carbons (Fsp3) is 0.400. The van der Waals surface area contributed by atoms with Crippen molar-refractivity contribution < 1.29 is 4.39 Å². The summed E-state index contributed by atoms with van der Waals surface area (Å²) in [6.07, 6.45) is 1.96. The summed E-state index contributed by atoms with van der Waals surface area (Å²) in [6.45, 7) is 8.61. The van der Waals surface area contributed by atoms with E-state index in [0.717, 1.165) is 44.8 Å². The maximum absolute atomic E-state index is 12.8. The zero-order valence-corrected chi connectivity index (χ0v) is 15.3. The van der Waals surface area contributed by atoms with Crippen LogP contribution in [0.1, 0.15) is 42.3 Å². The first-order valence-electron chi connectivity index (χ1n) is 8.69. The van der Waals surface area contributed by atoms with Crippen LogP contribution < -0.4 is 5.73 Å². The number of nitrogens with two attached hydrogens (primary N) is 1. The Hall–Kier alpha value is -2.27. The first kappa shape index (κ1) is 17.5. The second-order valence-corrected chi connectivity index (χ2v) is 6.81. The molecule has 0 saturated heterocycles. The predicted octanol–water partition coefficient (Wildman–Crippen LogP) is 4.27. The number of aromatic nitrogens is 3. The number of hydrogen-bond acceptors (Lipinski definition) is 3. The van der Waals surface area contributed by atoms with Gasteiger partial charge in [-0.1, -0.05) is 13.8 Å². The number of aryl methyl sites for hydroxylation is 3. The molecule has 0 aliphatic carbocycles. The molecular formula is C20H25FN4. The molecule has 0 aromatic carbocycles. The fourth-order valence-electron chi connectivity index (χ4n) is 3.23. The van der Waals surface area contributed by atoms with Crippen LogP contribution in [0.15, 0.2) is 24.4 Å². The molecule has 3 aromatic rings. The summed E-state index contributed by atoms with van der Waals surface area (Å²) in [7, 11) is 0. The lowest BCUT2D eigenvalue weighted by Gasteiger charge is -2.13. The van der Waals surface area contributed by atoms with E-state index in [-0.39, 0.29) is 6.67 Å². The van der Waals surface area contributed by atoms with E-state index in [1.807, 2.05) is 30.7 Å². The summed E-state index contributed by atoms with van der Waals surface area (Å²) in [6, 6.07) is 6.20. The summed E-state index contributed by atoms with van der Waals surface area (Å²) in [5.41, 5.74) is 13.7. The molecule has 0 radical (unpaired) electrons. The molecule has 0 spiro atoms. The number of hydrogen-bond donors (Lipinski definition) is 1. The van der Waals surface area contributed by atoms with Crippen molar-refractivity contribution in [1.29, 1.82) is 0 Å². The molecule has 3 aromatic heterocycles. The second-order valence-electron chi connectivity index (χ2n) is 6.81. The lowest BCUT2D eigenvalue weighted by atomic mass is 10.0. The lowest BCUT2D eigenvalue weighted by molar-refractivity contribution is 0.451. The molecule has 0 aliphatic heterocycles. The van der Waals surface area contributed by atoms with Crippen molar-refractivity contribution in [3.63, 3.8) is 0 Å². The molecule has 25 heavy (non-hydrogen) atoms. The van der Waals surface area contributed by atoms with Crippen LogP contribution in [0.25, 0.3) is 22.3 Å². The summed E-state index contributed by atoms with van der Waals surface area (Å²) >= 11 is 0. The topological polar surface area (TPSA) is 56.7 Å². The zero-order chi connectivity index (χ0) is 18.1. The first-order chi connectivity index (χ1) is 12.0. The number of halogens is 1. The van der Waals surface area contributed by atoms with Crippen molar-refractivity contribution in [3.8, 4) is 11.3 Å². The molecule has 2 N–H and O–H groups in total. The monoisotopic (exact) mass is 340 g/mol. The number of nitrogens with zero attached hydrogens (tertiary/aromatic N) is 3. The van der Waals surface area contributed by atoms with Gasteiger partial charge in [0.2, 0.25) is 0 Å². The second kappa shape index (κ2) is 6.92. The summed E-state index contributed by atoms with van der Waals surface area (Å²) in [4.78, 5) is 9.62. The van der Waals surface area contributed by atoms with E-state index in [0.29, 0.717) is 19.0 Å². The van der Waals surface area contributed by atoms with E-state index in [1.54, 1.807) is 0 Å². The van der Waals surface area contributed by atoms with Crippen LogP contribution in [0.4, 0.5) is 4.39 Å². The van der Waals surface area contributed by atoms with Crippen LogP contribution in [0, 0.1) is 13.8 Å². The summed E-state index contributed by atoms with van der Waals surface area (Å²) < 4.78 is 14.7. The molecule has 0 unspecified atom stereocenters. The molecule has 0 saturated carbocycles. The number of fused-ring (bicyclic) bond motifs is 1. The lowest BCUT2D eigenvalue weighted by Crippen LogP contribution is -2.07. The fourth-order valence-corrected chi connectivity index (χ4v) is 3.23. The number of rotatable bonds is 5. The molecular weight excluding hydrogens is 315 g/mol. The Morgan fingerprint density at radius 1 is 1.16 bits per heavy atom. The standard InChI is InChI=1S/C20H25FN4/c1-12(2)16-6-5-15(17(10-22)23-16)19-13(3)9-18-20(24-19)14(4)11-25(18)8-7-21/h5-6,9,11-12H,7-8,10,22H2,1-4H3. The van der Waals surface area contributed by atoms with Crippen molar-refractivity contribution in [1.82, 2.24) is 14.5 Å². The quantitative estimate of drug-likeness (QED) is 0.755. The van der Waals surface area contributed by atoms with Crippen LogP contribution in [0.3, 0.4) is 0 Å². The molecule has 3 heterocycles. The Morgan fingerprint density at radius 2 is 1.92 bits per heavy atom. The van der Waals surface area contributed by atoms with Crippen LogP contribution in [-0.2, 0) is 13.1 Å². The molecule has 3 rings (SSSR count).